The van der Waals surface area contributed by atoms with Crippen LogP contribution in [0, 0.1) is 17.5 Å². The fourth-order valence-corrected chi connectivity index (χ4v) is 6.01. The highest BCUT2D eigenvalue weighted by Gasteiger charge is 2.42. The first kappa shape index (κ1) is 38.0. The van der Waals surface area contributed by atoms with Crippen molar-refractivity contribution in [3.05, 3.63) is 114 Å². The van der Waals surface area contributed by atoms with Crippen molar-refractivity contribution in [2.45, 2.75) is 57.0 Å². The van der Waals surface area contributed by atoms with Gasteiger partial charge >= 0.3 is 0 Å². The lowest BCUT2D eigenvalue weighted by atomic mass is 10.1. The summed E-state index contributed by atoms with van der Waals surface area (Å²) in [7, 11) is 3.08. The van der Waals surface area contributed by atoms with E-state index in [0.717, 1.165) is 5.56 Å². The molecule has 1 saturated heterocycles. The van der Waals surface area contributed by atoms with E-state index in [1.165, 1.54) is 62.0 Å². The van der Waals surface area contributed by atoms with E-state index in [1.54, 1.807) is 65.7 Å². The maximum atomic E-state index is 14.4. The second-order valence-corrected chi connectivity index (χ2v) is 12.8. The molecule has 276 valence electrons. The minimum Gasteiger partial charge on any atom is -0.489 e. The van der Waals surface area contributed by atoms with Gasteiger partial charge in [-0.1, -0.05) is 12.1 Å². The number of nitrogens with one attached hydrogen (secondary N) is 2. The normalized spacial score (nSPS) is 17.3. The fourth-order valence-electron chi connectivity index (χ4n) is 6.01. The molecule has 1 fully saturated rings. The quantitative estimate of drug-likeness (QED) is 0.190. The number of halogens is 3. The molecule has 4 aromatic rings. The number of ether oxygens (including phenoxy) is 2. The zero-order chi connectivity index (χ0) is 37.4. The van der Waals surface area contributed by atoms with E-state index in [9.17, 15) is 27.6 Å². The molecule has 0 saturated carbocycles. The highest BCUT2D eigenvalue weighted by atomic mass is 19.1. The number of imidazole rings is 1. The molecule has 3 aromatic carbocycles. The Labute approximate surface area is 300 Å². The smallest absolute Gasteiger partial charge is 0.274 e. The molecule has 52 heavy (non-hydrogen) atoms. The van der Waals surface area contributed by atoms with E-state index >= 15 is 0 Å². The Morgan fingerprint density at radius 3 is 2.17 bits per heavy atom. The van der Waals surface area contributed by atoms with Gasteiger partial charge in [0.05, 0.1) is 24.7 Å². The van der Waals surface area contributed by atoms with Gasteiger partial charge in [-0.25, -0.2) is 18.2 Å². The molecule has 5 unspecified atom stereocenters. The summed E-state index contributed by atoms with van der Waals surface area (Å²) < 4.78 is 54.3. The molecule has 0 radical (unpaired) electrons. The predicted molar refractivity (Wildman–Crippen MR) is 187 cm³/mol. The Morgan fingerprint density at radius 1 is 0.942 bits per heavy atom. The van der Waals surface area contributed by atoms with Gasteiger partial charge < -0.3 is 34.5 Å². The number of amides is 3. The van der Waals surface area contributed by atoms with Gasteiger partial charge in [-0.15, -0.1) is 0 Å². The lowest BCUT2D eigenvalue weighted by Gasteiger charge is -2.34. The maximum Gasteiger partial charge on any atom is 0.274 e. The number of rotatable bonds is 15. The van der Waals surface area contributed by atoms with Crippen LogP contribution in [0.25, 0.3) is 5.69 Å². The summed E-state index contributed by atoms with van der Waals surface area (Å²) in [6, 6.07) is 15.1. The molecule has 0 bridgehead atoms. The molecular weight excluding hydrogens is 677 g/mol. The van der Waals surface area contributed by atoms with Crippen LogP contribution in [0.5, 0.6) is 5.75 Å². The third-order valence-corrected chi connectivity index (χ3v) is 9.24. The van der Waals surface area contributed by atoms with Gasteiger partial charge in [-0.2, -0.15) is 0 Å². The number of hydrogen-bond donors (Lipinski definition) is 2. The van der Waals surface area contributed by atoms with Crippen molar-refractivity contribution < 1.29 is 37.0 Å². The lowest BCUT2D eigenvalue weighted by Crippen LogP contribution is -2.58. The van der Waals surface area contributed by atoms with Crippen LogP contribution in [0.3, 0.4) is 0 Å². The first-order valence-corrected chi connectivity index (χ1v) is 17.0. The zero-order valence-electron chi connectivity index (χ0n) is 29.5. The van der Waals surface area contributed by atoms with Crippen LogP contribution in [0.15, 0.2) is 85.3 Å². The van der Waals surface area contributed by atoms with Crippen molar-refractivity contribution >= 4 is 17.7 Å². The predicted octanol–water partition coefficient (Wildman–Crippen LogP) is 4.15. The number of hydrogen-bond acceptors (Lipinski definition) is 7. The van der Waals surface area contributed by atoms with Crippen molar-refractivity contribution in [2.75, 3.05) is 33.8 Å². The Bertz CT molecular complexity index is 1810. The summed E-state index contributed by atoms with van der Waals surface area (Å²) >= 11 is 0. The Balaban J connectivity index is 1.45. The van der Waals surface area contributed by atoms with Crippen LogP contribution in [0.1, 0.15) is 36.3 Å². The van der Waals surface area contributed by atoms with Crippen molar-refractivity contribution in [2.24, 2.45) is 0 Å². The fraction of sp³-hybridized carbons (Fsp3) is 0.368. The minimum atomic E-state index is -1.06. The second-order valence-electron chi connectivity index (χ2n) is 12.8. The molecule has 0 spiro atoms. The summed E-state index contributed by atoms with van der Waals surface area (Å²) in [5.74, 6) is -2.04. The highest BCUT2D eigenvalue weighted by Crippen LogP contribution is 2.26. The van der Waals surface area contributed by atoms with Gasteiger partial charge in [0.2, 0.25) is 11.8 Å². The van der Waals surface area contributed by atoms with Crippen molar-refractivity contribution in [3.63, 3.8) is 0 Å². The van der Waals surface area contributed by atoms with Gasteiger partial charge in [0.15, 0.2) is 0 Å². The van der Waals surface area contributed by atoms with E-state index in [2.05, 4.69) is 15.6 Å². The van der Waals surface area contributed by atoms with Crippen LogP contribution in [0.2, 0.25) is 0 Å². The SMILES string of the molecule is CNC(C)C(=O)NC(C(=O)N1CC(Oc2ccc(F)cc2)CC1CN(CCc1ccc(F)cc1)C(=O)c1cn(-c2ccc(F)cc2)cn1)C(C)OC. The van der Waals surface area contributed by atoms with Crippen LogP contribution in [0.4, 0.5) is 13.2 Å². The summed E-state index contributed by atoms with van der Waals surface area (Å²) in [6.07, 6.45) is 2.46. The number of nitrogens with zero attached hydrogens (tertiary/aromatic N) is 4. The zero-order valence-corrected chi connectivity index (χ0v) is 29.5. The molecule has 5 rings (SSSR count). The lowest BCUT2D eigenvalue weighted by molar-refractivity contribution is -0.141. The topological polar surface area (TPSA) is 118 Å². The molecule has 1 aliphatic heterocycles. The van der Waals surface area contributed by atoms with E-state index in [1.807, 2.05) is 0 Å². The maximum absolute atomic E-state index is 14.4. The van der Waals surface area contributed by atoms with Crippen molar-refractivity contribution in [1.82, 2.24) is 30.0 Å². The van der Waals surface area contributed by atoms with Crippen LogP contribution < -0.4 is 15.4 Å². The summed E-state index contributed by atoms with van der Waals surface area (Å²) in [5, 5.41) is 5.68. The summed E-state index contributed by atoms with van der Waals surface area (Å²) in [6.45, 7) is 3.73. The molecular formula is C38H43F3N6O5. The van der Waals surface area contributed by atoms with Gasteiger partial charge in [-0.05, 0) is 93.5 Å². The molecule has 3 amide bonds. The molecule has 2 N–H and O–H groups in total. The largest absolute Gasteiger partial charge is 0.489 e. The highest BCUT2D eigenvalue weighted by molar-refractivity contribution is 5.93. The van der Waals surface area contributed by atoms with Gasteiger partial charge in [0, 0.05) is 38.5 Å². The number of carbonyl (C=O) groups is 3. The third kappa shape index (κ3) is 9.56. The first-order valence-electron chi connectivity index (χ1n) is 17.0. The number of methoxy groups -OCH3 is 1. The summed E-state index contributed by atoms with van der Waals surface area (Å²) in [4.78, 5) is 49.1. The van der Waals surface area contributed by atoms with Gasteiger partial charge in [-0.3, -0.25) is 14.4 Å². The summed E-state index contributed by atoms with van der Waals surface area (Å²) in [5.41, 5.74) is 1.52. The Hall–Kier alpha value is -5.21. The molecule has 0 aliphatic carbocycles. The Morgan fingerprint density at radius 2 is 1.56 bits per heavy atom. The number of likely N-dealkylation sites (tertiary alicyclic amines) is 1. The number of aromatic nitrogens is 2. The van der Waals surface area contributed by atoms with Crippen molar-refractivity contribution in [3.8, 4) is 11.4 Å². The van der Waals surface area contributed by atoms with E-state index in [4.69, 9.17) is 9.47 Å². The number of benzene rings is 3. The number of likely N-dealkylation sites (N-methyl/N-ethyl adjacent to an activating group) is 1. The van der Waals surface area contributed by atoms with Gasteiger partial charge in [0.1, 0.15) is 47.4 Å². The van der Waals surface area contributed by atoms with E-state index in [-0.39, 0.29) is 31.1 Å². The Kier molecular flexibility index (Phi) is 12.7. The van der Waals surface area contributed by atoms with Gasteiger partial charge in [0.25, 0.3) is 5.91 Å². The standard InChI is InChI=1S/C38H43F3N6O5/c1-24(42-3)36(48)44-35(25(2)51-4)38(50)47-21-33(52-32-15-11-29(41)12-16-32)19-31(47)20-45(18-17-26-5-7-27(39)8-6-26)37(49)34-22-46(23-43-34)30-13-9-28(40)10-14-30/h5-16,22-25,31,33,35,42H,17-21H2,1-4H3,(H,44,48). The number of carbonyl (C=O) groups excluding carboxylic acids is 3. The minimum absolute atomic E-state index is 0.0629. The molecule has 5 atom stereocenters. The van der Waals surface area contributed by atoms with Crippen LogP contribution in [-0.2, 0) is 20.7 Å². The van der Waals surface area contributed by atoms with Crippen molar-refractivity contribution in [1.29, 1.82) is 0 Å². The van der Waals surface area contributed by atoms with Crippen LogP contribution >= 0.6 is 0 Å². The first-order chi connectivity index (χ1) is 24.9. The molecule has 1 aromatic heterocycles. The average Bonchev–Trinajstić information content (AvgIpc) is 3.80. The average molecular weight is 721 g/mol. The third-order valence-electron chi connectivity index (χ3n) is 9.24. The van der Waals surface area contributed by atoms with Crippen LogP contribution in [-0.4, -0.2) is 101 Å². The van der Waals surface area contributed by atoms with E-state index in [0.29, 0.717) is 24.3 Å². The van der Waals surface area contributed by atoms with E-state index < -0.39 is 59.7 Å². The second kappa shape index (κ2) is 17.3. The molecule has 2 heterocycles. The monoisotopic (exact) mass is 720 g/mol. The molecule has 11 nitrogen and oxygen atoms in total. The molecule has 14 heteroatoms. The molecule has 1 aliphatic rings.